The minimum absolute atomic E-state index is 0.0232. The molecule has 8 nitrogen and oxygen atoms in total. The Hall–Kier alpha value is -2.45. The Balaban J connectivity index is 4.54. The van der Waals surface area contributed by atoms with Crippen LogP contribution in [0.15, 0.2) is 36.5 Å². The summed E-state index contributed by atoms with van der Waals surface area (Å²) in [6.45, 7) is 4.41. The molecule has 0 radical (unpaired) electrons. The molecule has 2 unspecified atom stereocenters. The second-order valence-corrected chi connectivity index (χ2v) is 12.4. The summed E-state index contributed by atoms with van der Waals surface area (Å²) in [6.07, 6.45) is 27.7. The molecule has 0 saturated carbocycles. The number of rotatable bonds is 29. The van der Waals surface area contributed by atoms with Crippen molar-refractivity contribution < 1.29 is 38.2 Å². The monoisotopic (exact) mass is 621 g/mol. The molecule has 0 fully saturated rings. The van der Waals surface area contributed by atoms with Gasteiger partial charge in [0, 0.05) is 19.3 Å². The minimum atomic E-state index is -1.13. The van der Waals surface area contributed by atoms with Crippen LogP contribution in [0.2, 0.25) is 0 Å². The van der Waals surface area contributed by atoms with Gasteiger partial charge in [-0.05, 0) is 51.4 Å². The van der Waals surface area contributed by atoms with Crippen molar-refractivity contribution in [1.29, 1.82) is 0 Å². The highest BCUT2D eigenvalue weighted by molar-refractivity contribution is 5.70. The van der Waals surface area contributed by atoms with Gasteiger partial charge in [0.25, 0.3) is 0 Å². The highest BCUT2D eigenvalue weighted by atomic mass is 16.6. The van der Waals surface area contributed by atoms with Crippen molar-refractivity contribution in [3.63, 3.8) is 0 Å². The number of aliphatic carboxylic acids is 1. The number of carbonyl (C=O) groups is 3. The molecule has 0 bridgehead atoms. The first kappa shape index (κ1) is 41.5. The van der Waals surface area contributed by atoms with Gasteiger partial charge in [0.2, 0.25) is 0 Å². The lowest BCUT2D eigenvalue weighted by Crippen LogP contribution is -2.55. The number of likely N-dealkylation sites (N-methyl/N-ethyl adjacent to an activating group) is 1. The zero-order valence-electron chi connectivity index (χ0n) is 28.6. The van der Waals surface area contributed by atoms with E-state index in [1.165, 1.54) is 19.3 Å². The van der Waals surface area contributed by atoms with Crippen molar-refractivity contribution in [2.75, 3.05) is 41.0 Å². The standard InChI is InChI=1S/C36H63NO7/c1-6-8-10-12-14-16-17-18-19-21-23-25-27-35(39)44-32(30-42-29-28-33(36(40)41)37(3,4)5)31-43-34(38)26-24-22-20-15-13-11-9-7-2/h8,10,14,16,20,22,32-33H,6-7,9,11-13,15,17-19,21,23-31H2,1-5H3/b10-8+,16-14+,22-20+. The number of carboxylic acid groups (broad SMARTS) is 1. The first-order valence-corrected chi connectivity index (χ1v) is 17.0. The average molecular weight is 622 g/mol. The molecule has 0 aromatic carbocycles. The predicted molar refractivity (Wildman–Crippen MR) is 176 cm³/mol. The first-order valence-electron chi connectivity index (χ1n) is 17.0. The smallest absolute Gasteiger partial charge is 0.306 e. The number of esters is 2. The minimum Gasteiger partial charge on any atom is -0.544 e. The number of unbranched alkanes of at least 4 members (excludes halogenated alkanes) is 9. The van der Waals surface area contributed by atoms with E-state index in [1.54, 1.807) is 21.1 Å². The van der Waals surface area contributed by atoms with Gasteiger partial charge in [-0.3, -0.25) is 9.59 Å². The predicted octanol–water partition coefficient (Wildman–Crippen LogP) is 6.62. The Morgan fingerprint density at radius 2 is 1.32 bits per heavy atom. The van der Waals surface area contributed by atoms with E-state index in [9.17, 15) is 19.5 Å². The average Bonchev–Trinajstić information content (AvgIpc) is 2.96. The molecule has 2 atom stereocenters. The van der Waals surface area contributed by atoms with Gasteiger partial charge in [-0.25, -0.2) is 0 Å². The Bertz CT molecular complexity index is 829. The molecular weight excluding hydrogens is 558 g/mol. The second-order valence-electron chi connectivity index (χ2n) is 12.4. The highest BCUT2D eigenvalue weighted by Gasteiger charge is 2.25. The van der Waals surface area contributed by atoms with E-state index in [1.807, 2.05) is 6.08 Å². The first-order chi connectivity index (χ1) is 21.1. The fourth-order valence-corrected chi connectivity index (χ4v) is 4.59. The third-order valence-electron chi connectivity index (χ3n) is 7.27. The van der Waals surface area contributed by atoms with E-state index in [2.05, 4.69) is 44.2 Å². The van der Waals surface area contributed by atoms with Gasteiger partial charge < -0.3 is 28.6 Å². The van der Waals surface area contributed by atoms with Gasteiger partial charge >= 0.3 is 11.9 Å². The van der Waals surface area contributed by atoms with Crippen LogP contribution in [0.25, 0.3) is 0 Å². The van der Waals surface area contributed by atoms with Crippen LogP contribution in [-0.4, -0.2) is 75.5 Å². The summed E-state index contributed by atoms with van der Waals surface area (Å²) in [7, 11) is 5.36. The Morgan fingerprint density at radius 3 is 1.98 bits per heavy atom. The number of hydrogen-bond donors (Lipinski definition) is 0. The molecule has 0 aliphatic heterocycles. The summed E-state index contributed by atoms with van der Waals surface area (Å²) in [5.74, 6) is -1.83. The van der Waals surface area contributed by atoms with Crippen molar-refractivity contribution in [3.8, 4) is 0 Å². The Morgan fingerprint density at radius 1 is 0.705 bits per heavy atom. The van der Waals surface area contributed by atoms with Gasteiger partial charge in [0.15, 0.2) is 6.10 Å². The lowest BCUT2D eigenvalue weighted by molar-refractivity contribution is -0.889. The molecule has 0 spiro atoms. The van der Waals surface area contributed by atoms with E-state index < -0.39 is 18.1 Å². The zero-order valence-corrected chi connectivity index (χ0v) is 28.6. The molecule has 0 aromatic rings. The van der Waals surface area contributed by atoms with Gasteiger partial charge in [-0.15, -0.1) is 0 Å². The molecule has 44 heavy (non-hydrogen) atoms. The summed E-state index contributed by atoms with van der Waals surface area (Å²) < 4.78 is 16.9. The molecule has 0 aliphatic carbocycles. The summed E-state index contributed by atoms with van der Waals surface area (Å²) in [5.41, 5.74) is 0. The Labute approximate surface area is 268 Å². The molecule has 0 rings (SSSR count). The van der Waals surface area contributed by atoms with E-state index >= 15 is 0 Å². The fraction of sp³-hybridized carbons (Fsp3) is 0.750. The van der Waals surface area contributed by atoms with E-state index in [-0.39, 0.29) is 49.1 Å². The van der Waals surface area contributed by atoms with Crippen LogP contribution >= 0.6 is 0 Å². The third kappa shape index (κ3) is 26.0. The van der Waals surface area contributed by atoms with Crippen molar-refractivity contribution in [2.24, 2.45) is 0 Å². The van der Waals surface area contributed by atoms with Crippen molar-refractivity contribution in [2.45, 2.75) is 135 Å². The van der Waals surface area contributed by atoms with Gasteiger partial charge in [0.05, 0.1) is 40.3 Å². The van der Waals surface area contributed by atoms with E-state index in [0.29, 0.717) is 12.8 Å². The Kier molecular flexibility index (Phi) is 26.5. The quantitative estimate of drug-likeness (QED) is 0.0400. The van der Waals surface area contributed by atoms with Crippen LogP contribution in [0.1, 0.15) is 123 Å². The SMILES string of the molecule is CC/C=C/C/C=C/CCCCCCCC(=O)OC(COCCC(C(=O)[O-])[N+](C)(C)C)COC(=O)CC/C=C/CCCCCC. The lowest BCUT2D eigenvalue weighted by Gasteiger charge is -2.34. The summed E-state index contributed by atoms with van der Waals surface area (Å²) >= 11 is 0. The van der Waals surface area contributed by atoms with Crippen molar-refractivity contribution in [1.82, 2.24) is 0 Å². The maximum atomic E-state index is 12.5. The van der Waals surface area contributed by atoms with Gasteiger partial charge in [-0.2, -0.15) is 0 Å². The molecular formula is C36H63NO7. The third-order valence-corrected chi connectivity index (χ3v) is 7.27. The van der Waals surface area contributed by atoms with Crippen LogP contribution in [0, 0.1) is 0 Å². The number of quaternary nitrogens is 1. The highest BCUT2D eigenvalue weighted by Crippen LogP contribution is 2.11. The number of nitrogens with zero attached hydrogens (tertiary/aromatic N) is 1. The second kappa shape index (κ2) is 28.1. The molecule has 254 valence electrons. The van der Waals surface area contributed by atoms with Crippen molar-refractivity contribution in [3.05, 3.63) is 36.5 Å². The topological polar surface area (TPSA) is 102 Å². The molecule has 0 heterocycles. The number of hydrogen-bond acceptors (Lipinski definition) is 7. The summed E-state index contributed by atoms with van der Waals surface area (Å²) in [5, 5.41) is 11.5. The fourth-order valence-electron chi connectivity index (χ4n) is 4.59. The van der Waals surface area contributed by atoms with Crippen molar-refractivity contribution >= 4 is 17.9 Å². The van der Waals surface area contributed by atoms with Crippen LogP contribution < -0.4 is 5.11 Å². The van der Waals surface area contributed by atoms with Crippen LogP contribution in [0.3, 0.4) is 0 Å². The van der Waals surface area contributed by atoms with E-state index in [4.69, 9.17) is 14.2 Å². The maximum absolute atomic E-state index is 12.5. The molecule has 8 heteroatoms. The number of carboxylic acids is 1. The molecule has 0 N–H and O–H groups in total. The van der Waals surface area contributed by atoms with Gasteiger partial charge in [-0.1, -0.05) is 88.8 Å². The molecule has 0 saturated heterocycles. The van der Waals surface area contributed by atoms with Gasteiger partial charge in [0.1, 0.15) is 12.6 Å². The number of ether oxygens (including phenoxy) is 3. The largest absolute Gasteiger partial charge is 0.544 e. The number of allylic oxidation sites excluding steroid dienone is 6. The van der Waals surface area contributed by atoms with Crippen LogP contribution in [0.5, 0.6) is 0 Å². The number of carbonyl (C=O) groups excluding carboxylic acids is 3. The van der Waals surface area contributed by atoms with Crippen LogP contribution in [0.4, 0.5) is 0 Å². The normalized spacial score (nSPS) is 13.6. The maximum Gasteiger partial charge on any atom is 0.306 e. The summed E-state index contributed by atoms with van der Waals surface area (Å²) in [6, 6.07) is -0.729. The molecule has 0 amide bonds. The zero-order chi connectivity index (χ0) is 32.9. The summed E-state index contributed by atoms with van der Waals surface area (Å²) in [4.78, 5) is 36.4. The van der Waals surface area contributed by atoms with E-state index in [0.717, 1.165) is 64.2 Å². The lowest BCUT2D eigenvalue weighted by atomic mass is 10.1. The molecule has 0 aromatic heterocycles. The van der Waals surface area contributed by atoms with Crippen LogP contribution in [-0.2, 0) is 28.6 Å². The molecule has 0 aliphatic rings.